The molecule has 0 atom stereocenters. The fourth-order valence-corrected chi connectivity index (χ4v) is 5.56. The van der Waals surface area contributed by atoms with E-state index < -0.39 is 10.0 Å². The minimum atomic E-state index is -3.49. The first-order valence-electron chi connectivity index (χ1n) is 8.90. The number of aromatic nitrogens is 2. The molecule has 1 fully saturated rings. The lowest BCUT2D eigenvalue weighted by Gasteiger charge is -2.32. The number of nitrogens with zero attached hydrogens (tertiary/aromatic N) is 3. The summed E-state index contributed by atoms with van der Waals surface area (Å²) < 4.78 is 33.6. The van der Waals surface area contributed by atoms with E-state index in [1.165, 1.54) is 4.90 Å². The van der Waals surface area contributed by atoms with E-state index in [-0.39, 0.29) is 0 Å². The SMILES string of the molecule is Cc1nnc(C[NH+]2CCN(S(=O)(=O)c3c(C)c(C)cc(C)c3C)CC2)o1. The van der Waals surface area contributed by atoms with Crippen LogP contribution in [0, 0.1) is 34.6 Å². The van der Waals surface area contributed by atoms with Crippen molar-refractivity contribution in [1.82, 2.24) is 14.5 Å². The van der Waals surface area contributed by atoms with Crippen LogP contribution in [0.5, 0.6) is 0 Å². The molecule has 0 spiro atoms. The molecule has 0 saturated carbocycles. The van der Waals surface area contributed by atoms with Crippen molar-refractivity contribution in [2.24, 2.45) is 0 Å². The first-order valence-corrected chi connectivity index (χ1v) is 10.3. The minimum absolute atomic E-state index is 0.478. The quantitative estimate of drug-likeness (QED) is 0.846. The molecule has 0 unspecified atom stereocenters. The number of sulfonamides is 1. The van der Waals surface area contributed by atoms with Gasteiger partial charge in [0.15, 0.2) is 6.54 Å². The first kappa shape index (κ1) is 19.0. The Morgan fingerprint density at radius 3 is 2.12 bits per heavy atom. The molecule has 1 aromatic heterocycles. The molecular formula is C18H27N4O3S+. The molecule has 0 bridgehead atoms. The molecule has 2 heterocycles. The van der Waals surface area contributed by atoms with Gasteiger partial charge in [-0.15, -0.1) is 10.2 Å². The lowest BCUT2D eigenvalue weighted by Crippen LogP contribution is -3.13. The second-order valence-corrected chi connectivity index (χ2v) is 9.01. The average Bonchev–Trinajstić information content (AvgIpc) is 2.98. The molecule has 26 heavy (non-hydrogen) atoms. The molecule has 2 aromatic rings. The van der Waals surface area contributed by atoms with Gasteiger partial charge < -0.3 is 9.32 Å². The molecule has 7 nitrogen and oxygen atoms in total. The van der Waals surface area contributed by atoms with E-state index in [0.717, 1.165) is 35.3 Å². The van der Waals surface area contributed by atoms with Crippen LogP contribution in [0.25, 0.3) is 0 Å². The van der Waals surface area contributed by atoms with Crippen LogP contribution >= 0.6 is 0 Å². The van der Waals surface area contributed by atoms with Crippen LogP contribution < -0.4 is 4.90 Å². The molecule has 142 valence electrons. The molecule has 3 rings (SSSR count). The summed E-state index contributed by atoms with van der Waals surface area (Å²) in [6.07, 6.45) is 0. The molecule has 1 aromatic carbocycles. The van der Waals surface area contributed by atoms with Crippen molar-refractivity contribution in [3.8, 4) is 0 Å². The number of nitrogens with one attached hydrogen (secondary N) is 1. The summed E-state index contributed by atoms with van der Waals surface area (Å²) >= 11 is 0. The molecule has 0 aliphatic carbocycles. The Kier molecular flexibility index (Phi) is 5.18. The highest BCUT2D eigenvalue weighted by Crippen LogP contribution is 2.28. The molecule has 1 aliphatic rings. The number of rotatable bonds is 4. The van der Waals surface area contributed by atoms with Gasteiger partial charge in [-0.05, 0) is 49.9 Å². The zero-order chi connectivity index (χ0) is 19.1. The van der Waals surface area contributed by atoms with Gasteiger partial charge >= 0.3 is 0 Å². The summed E-state index contributed by atoms with van der Waals surface area (Å²) in [6, 6.07) is 2.05. The van der Waals surface area contributed by atoms with Crippen molar-refractivity contribution >= 4 is 10.0 Å². The average molecular weight is 380 g/mol. The second kappa shape index (κ2) is 7.09. The number of aryl methyl sites for hydroxylation is 3. The van der Waals surface area contributed by atoms with E-state index >= 15 is 0 Å². The van der Waals surface area contributed by atoms with Gasteiger partial charge in [-0.2, -0.15) is 4.31 Å². The minimum Gasteiger partial charge on any atom is -0.420 e. The number of hydrogen-bond acceptors (Lipinski definition) is 5. The number of benzene rings is 1. The Hall–Kier alpha value is -1.77. The Labute approximate surface area is 155 Å². The van der Waals surface area contributed by atoms with Crippen LogP contribution in [0.2, 0.25) is 0 Å². The molecule has 0 radical (unpaired) electrons. The highest BCUT2D eigenvalue weighted by atomic mass is 32.2. The highest BCUT2D eigenvalue weighted by Gasteiger charge is 2.33. The lowest BCUT2D eigenvalue weighted by molar-refractivity contribution is -0.918. The van der Waals surface area contributed by atoms with E-state index in [1.54, 1.807) is 11.2 Å². The zero-order valence-electron chi connectivity index (χ0n) is 16.1. The van der Waals surface area contributed by atoms with E-state index in [1.807, 2.05) is 27.7 Å². The van der Waals surface area contributed by atoms with Gasteiger partial charge in [0.05, 0.1) is 31.1 Å². The van der Waals surface area contributed by atoms with Gasteiger partial charge in [-0.25, -0.2) is 8.42 Å². The second-order valence-electron chi connectivity index (χ2n) is 7.14. The predicted octanol–water partition coefficient (Wildman–Crippen LogP) is 0.701. The van der Waals surface area contributed by atoms with Crippen molar-refractivity contribution in [3.63, 3.8) is 0 Å². The van der Waals surface area contributed by atoms with E-state index in [2.05, 4.69) is 16.3 Å². The largest absolute Gasteiger partial charge is 0.420 e. The van der Waals surface area contributed by atoms with Gasteiger partial charge in [-0.1, -0.05) is 6.07 Å². The Morgan fingerprint density at radius 2 is 1.62 bits per heavy atom. The van der Waals surface area contributed by atoms with E-state index in [9.17, 15) is 8.42 Å². The van der Waals surface area contributed by atoms with Crippen molar-refractivity contribution < 1.29 is 17.7 Å². The van der Waals surface area contributed by atoms with Crippen molar-refractivity contribution in [1.29, 1.82) is 0 Å². The third kappa shape index (κ3) is 3.54. The molecular weight excluding hydrogens is 352 g/mol. The summed E-state index contributed by atoms with van der Waals surface area (Å²) in [5.41, 5.74) is 3.74. The monoisotopic (exact) mass is 379 g/mol. The predicted molar refractivity (Wildman–Crippen MR) is 97.6 cm³/mol. The third-order valence-corrected chi connectivity index (χ3v) is 7.47. The normalized spacial score (nSPS) is 17.0. The van der Waals surface area contributed by atoms with Crippen LogP contribution in [0.15, 0.2) is 15.4 Å². The summed E-state index contributed by atoms with van der Waals surface area (Å²) in [4.78, 5) is 1.74. The fraction of sp³-hybridized carbons (Fsp3) is 0.556. The van der Waals surface area contributed by atoms with Crippen LogP contribution in [-0.4, -0.2) is 49.1 Å². The van der Waals surface area contributed by atoms with Gasteiger partial charge in [-0.3, -0.25) is 0 Å². The zero-order valence-corrected chi connectivity index (χ0v) is 16.9. The van der Waals surface area contributed by atoms with Gasteiger partial charge in [0, 0.05) is 6.92 Å². The maximum atomic E-state index is 13.3. The van der Waals surface area contributed by atoms with Crippen molar-refractivity contribution in [2.45, 2.75) is 46.1 Å². The maximum absolute atomic E-state index is 13.3. The van der Waals surface area contributed by atoms with Crippen LogP contribution in [0.3, 0.4) is 0 Å². The lowest BCUT2D eigenvalue weighted by atomic mass is 10.0. The third-order valence-electron chi connectivity index (χ3n) is 5.29. The van der Waals surface area contributed by atoms with Gasteiger partial charge in [0.1, 0.15) is 0 Å². The fourth-order valence-electron chi connectivity index (χ4n) is 3.54. The highest BCUT2D eigenvalue weighted by molar-refractivity contribution is 7.89. The standard InChI is InChI=1S/C18H26N4O3S/c1-12-10-13(2)15(4)18(14(12)3)26(23,24)22-8-6-21(7-9-22)11-17-20-19-16(5)25-17/h10H,6-9,11H2,1-5H3/p+1. The molecule has 1 aliphatic heterocycles. The van der Waals surface area contributed by atoms with Crippen molar-refractivity contribution in [3.05, 3.63) is 40.1 Å². The van der Waals surface area contributed by atoms with E-state index in [4.69, 9.17) is 4.42 Å². The Bertz CT molecular complexity index is 887. The van der Waals surface area contributed by atoms with Gasteiger partial charge in [0.25, 0.3) is 5.89 Å². The maximum Gasteiger partial charge on any atom is 0.271 e. The Balaban J connectivity index is 1.77. The first-order chi connectivity index (χ1) is 12.2. The number of quaternary nitrogens is 1. The van der Waals surface area contributed by atoms with Crippen LogP contribution in [0.4, 0.5) is 0 Å². The molecule has 0 amide bonds. The van der Waals surface area contributed by atoms with Crippen molar-refractivity contribution in [2.75, 3.05) is 26.2 Å². The summed E-state index contributed by atoms with van der Waals surface area (Å²) in [7, 11) is -3.49. The van der Waals surface area contributed by atoms with Crippen LogP contribution in [-0.2, 0) is 16.6 Å². The summed E-state index contributed by atoms with van der Waals surface area (Å²) in [5.74, 6) is 1.16. The number of piperazine rings is 1. The molecule has 1 saturated heterocycles. The molecule has 8 heteroatoms. The smallest absolute Gasteiger partial charge is 0.271 e. The summed E-state index contributed by atoms with van der Waals surface area (Å²) in [6.45, 7) is 12.6. The number of hydrogen-bond donors (Lipinski definition) is 1. The van der Waals surface area contributed by atoms with Gasteiger partial charge in [0.2, 0.25) is 15.9 Å². The summed E-state index contributed by atoms with van der Waals surface area (Å²) in [5, 5.41) is 7.87. The van der Waals surface area contributed by atoms with E-state index in [0.29, 0.717) is 36.3 Å². The topological polar surface area (TPSA) is 80.7 Å². The molecule has 1 N–H and O–H groups in total. The van der Waals surface area contributed by atoms with Crippen LogP contribution in [0.1, 0.15) is 34.0 Å². The Morgan fingerprint density at radius 1 is 1.04 bits per heavy atom.